The van der Waals surface area contributed by atoms with Crippen molar-refractivity contribution >= 4 is 22.8 Å². The van der Waals surface area contributed by atoms with E-state index in [4.69, 9.17) is 19.8 Å². The maximum atomic E-state index is 13.3. The lowest BCUT2D eigenvalue weighted by Gasteiger charge is -2.39. The van der Waals surface area contributed by atoms with Crippen LogP contribution in [0.15, 0.2) is 36.5 Å². The van der Waals surface area contributed by atoms with Crippen molar-refractivity contribution < 1.29 is 9.53 Å². The number of benzene rings is 1. The number of carbonyl (C=O) groups excluding carboxylic acids is 1. The van der Waals surface area contributed by atoms with Crippen LogP contribution in [0.5, 0.6) is 0 Å². The molecule has 4 heterocycles. The van der Waals surface area contributed by atoms with Gasteiger partial charge in [-0.3, -0.25) is 4.79 Å². The number of nitrogens with zero attached hydrogens (tertiary/aromatic N) is 5. The lowest BCUT2D eigenvalue weighted by Crippen LogP contribution is -2.39. The molecule has 0 aliphatic carbocycles. The minimum atomic E-state index is -0.210. The van der Waals surface area contributed by atoms with E-state index < -0.39 is 0 Å². The average molecular weight is 434 g/mol. The maximum absolute atomic E-state index is 13.3. The van der Waals surface area contributed by atoms with Crippen molar-refractivity contribution in [1.29, 1.82) is 0 Å². The van der Waals surface area contributed by atoms with Crippen LogP contribution in [0.4, 0.5) is 5.82 Å². The van der Waals surface area contributed by atoms with E-state index in [1.165, 1.54) is 6.42 Å². The van der Waals surface area contributed by atoms with Gasteiger partial charge >= 0.3 is 0 Å². The van der Waals surface area contributed by atoms with Gasteiger partial charge in [-0.25, -0.2) is 14.6 Å². The first-order chi connectivity index (χ1) is 15.6. The van der Waals surface area contributed by atoms with Gasteiger partial charge in [0.15, 0.2) is 17.6 Å². The molecular weight excluding hydrogens is 402 g/mol. The molecule has 7 nitrogen and oxygen atoms in total. The Morgan fingerprint density at radius 2 is 1.97 bits per heavy atom. The second-order valence-corrected chi connectivity index (χ2v) is 9.36. The number of ketones is 1. The molecule has 0 N–H and O–H groups in total. The highest BCUT2D eigenvalue weighted by Gasteiger charge is 2.31. The van der Waals surface area contributed by atoms with Gasteiger partial charge in [-0.15, -0.1) is 0 Å². The van der Waals surface area contributed by atoms with Crippen LogP contribution >= 0.6 is 0 Å². The lowest BCUT2D eigenvalue weighted by molar-refractivity contribution is -0.0371. The van der Waals surface area contributed by atoms with E-state index >= 15 is 0 Å². The van der Waals surface area contributed by atoms with Gasteiger partial charge in [-0.1, -0.05) is 50.6 Å². The van der Waals surface area contributed by atoms with Crippen LogP contribution in [0.2, 0.25) is 0 Å². The maximum Gasteiger partial charge on any atom is 0.215 e. The number of anilines is 1. The molecule has 1 aromatic carbocycles. The van der Waals surface area contributed by atoms with E-state index in [1.807, 2.05) is 30.3 Å². The third-order valence-corrected chi connectivity index (χ3v) is 7.22. The number of rotatable bonds is 5. The van der Waals surface area contributed by atoms with E-state index in [1.54, 1.807) is 10.9 Å². The summed E-state index contributed by atoms with van der Waals surface area (Å²) in [7, 11) is 0. The molecule has 2 aliphatic rings. The number of aromatic nitrogens is 4. The molecule has 1 atom stereocenters. The highest BCUT2D eigenvalue weighted by molar-refractivity contribution is 6.13. The quantitative estimate of drug-likeness (QED) is 0.540. The number of ether oxygens (including phenoxy) is 1. The molecule has 0 amide bonds. The van der Waals surface area contributed by atoms with Crippen molar-refractivity contribution in [2.45, 2.75) is 58.6 Å². The van der Waals surface area contributed by atoms with Crippen LogP contribution in [0.3, 0.4) is 0 Å². The predicted octanol–water partition coefficient (Wildman–Crippen LogP) is 4.77. The smallest absolute Gasteiger partial charge is 0.215 e. The molecule has 0 spiro atoms. The summed E-state index contributed by atoms with van der Waals surface area (Å²) in [5, 5.41) is 4.71. The minimum absolute atomic E-state index is 0.135. The number of fused-ring (bicyclic) bond motifs is 1. The summed E-state index contributed by atoms with van der Waals surface area (Å²) in [5.74, 6) is 0.718. The Hall–Kier alpha value is -2.80. The fourth-order valence-electron chi connectivity index (χ4n) is 4.68. The lowest BCUT2D eigenvalue weighted by atomic mass is 9.78. The van der Waals surface area contributed by atoms with Gasteiger partial charge in [0.25, 0.3) is 0 Å². The zero-order valence-electron chi connectivity index (χ0n) is 19.0. The van der Waals surface area contributed by atoms with Gasteiger partial charge in [0, 0.05) is 25.3 Å². The van der Waals surface area contributed by atoms with Crippen LogP contribution in [0.25, 0.3) is 11.2 Å². The standard InChI is InChI=1S/C25H31N5O2/c1-3-25(2)12-14-29(15-13-25)19-17-26-22-21(23(31)18-9-5-4-6-10-18)28-30(24(22)27-19)20-11-7-8-16-32-20/h4-6,9-10,17,20H,3,7-8,11-16H2,1-2H3. The Kier molecular flexibility index (Phi) is 5.67. The third kappa shape index (κ3) is 3.90. The van der Waals surface area contributed by atoms with Gasteiger partial charge in [-0.05, 0) is 37.5 Å². The van der Waals surface area contributed by atoms with E-state index in [0.717, 1.165) is 51.0 Å². The summed E-state index contributed by atoms with van der Waals surface area (Å²) < 4.78 is 7.80. The first-order valence-corrected chi connectivity index (χ1v) is 11.8. The van der Waals surface area contributed by atoms with Crippen molar-refractivity contribution in [1.82, 2.24) is 19.7 Å². The fourth-order valence-corrected chi connectivity index (χ4v) is 4.68. The second kappa shape index (κ2) is 8.62. The van der Waals surface area contributed by atoms with Crippen molar-refractivity contribution in [2.75, 3.05) is 24.6 Å². The molecule has 1 unspecified atom stereocenters. The van der Waals surface area contributed by atoms with Gasteiger partial charge < -0.3 is 9.64 Å². The number of hydrogen-bond donors (Lipinski definition) is 0. The van der Waals surface area contributed by atoms with Gasteiger partial charge in [-0.2, -0.15) is 5.10 Å². The zero-order chi connectivity index (χ0) is 22.1. The molecule has 2 aliphatic heterocycles. The highest BCUT2D eigenvalue weighted by atomic mass is 16.5. The molecule has 5 rings (SSSR count). The van der Waals surface area contributed by atoms with Crippen LogP contribution in [0, 0.1) is 5.41 Å². The second-order valence-electron chi connectivity index (χ2n) is 9.36. The van der Waals surface area contributed by atoms with Crippen molar-refractivity contribution in [3.63, 3.8) is 0 Å². The molecule has 168 valence electrons. The zero-order valence-corrected chi connectivity index (χ0v) is 19.0. The van der Waals surface area contributed by atoms with E-state index in [2.05, 4.69) is 18.7 Å². The summed E-state index contributed by atoms with van der Waals surface area (Å²) in [6, 6.07) is 9.24. The SMILES string of the molecule is CCC1(C)CCN(c2cnc3c(C(=O)c4ccccc4)nn(C4CCCCO4)c3n2)CC1. The monoisotopic (exact) mass is 433 g/mol. The first-order valence-electron chi connectivity index (χ1n) is 11.8. The van der Waals surface area contributed by atoms with Crippen LogP contribution in [-0.2, 0) is 4.74 Å². The third-order valence-electron chi connectivity index (χ3n) is 7.22. The molecule has 0 bridgehead atoms. The normalized spacial score (nSPS) is 21.1. The molecule has 2 saturated heterocycles. The molecule has 2 fully saturated rings. The van der Waals surface area contributed by atoms with Crippen molar-refractivity contribution in [2.24, 2.45) is 5.41 Å². The topological polar surface area (TPSA) is 73.1 Å². The summed E-state index contributed by atoms with van der Waals surface area (Å²) in [6.45, 7) is 7.28. The summed E-state index contributed by atoms with van der Waals surface area (Å²) in [5.41, 5.74) is 2.53. The molecule has 0 saturated carbocycles. The number of carbonyl (C=O) groups is 1. The largest absolute Gasteiger partial charge is 0.356 e. The van der Waals surface area contributed by atoms with Gasteiger partial charge in [0.2, 0.25) is 5.78 Å². The van der Waals surface area contributed by atoms with Crippen LogP contribution in [0.1, 0.15) is 74.7 Å². The first kappa shape index (κ1) is 21.1. The Bertz CT molecular complexity index is 1100. The number of piperidine rings is 1. The van der Waals surface area contributed by atoms with E-state index in [-0.39, 0.29) is 12.0 Å². The predicted molar refractivity (Wildman–Crippen MR) is 124 cm³/mol. The molecular formula is C25H31N5O2. The molecule has 32 heavy (non-hydrogen) atoms. The summed E-state index contributed by atoms with van der Waals surface area (Å²) in [6.07, 6.45) is 8.06. The van der Waals surface area contributed by atoms with Crippen molar-refractivity contribution in [3.8, 4) is 0 Å². The Morgan fingerprint density at radius 3 is 2.66 bits per heavy atom. The van der Waals surface area contributed by atoms with Gasteiger partial charge in [0.1, 0.15) is 11.3 Å². The average Bonchev–Trinajstić information content (AvgIpc) is 3.24. The Labute approximate surface area is 188 Å². The van der Waals surface area contributed by atoms with E-state index in [0.29, 0.717) is 34.4 Å². The molecule has 0 radical (unpaired) electrons. The fraction of sp³-hybridized carbons (Fsp3) is 0.520. The Balaban J connectivity index is 1.54. The van der Waals surface area contributed by atoms with Crippen LogP contribution < -0.4 is 4.90 Å². The van der Waals surface area contributed by atoms with E-state index in [9.17, 15) is 4.79 Å². The highest BCUT2D eigenvalue weighted by Crippen LogP contribution is 2.36. The molecule has 7 heteroatoms. The minimum Gasteiger partial charge on any atom is -0.356 e. The molecule has 2 aromatic heterocycles. The summed E-state index contributed by atoms with van der Waals surface area (Å²) in [4.78, 5) is 25.2. The molecule has 3 aromatic rings. The van der Waals surface area contributed by atoms with Crippen molar-refractivity contribution in [3.05, 3.63) is 47.8 Å². The number of hydrogen-bond acceptors (Lipinski definition) is 6. The van der Waals surface area contributed by atoms with Crippen LogP contribution in [-0.4, -0.2) is 45.2 Å². The summed E-state index contributed by atoms with van der Waals surface area (Å²) >= 11 is 0. The van der Waals surface area contributed by atoms with Gasteiger partial charge in [0.05, 0.1) is 6.20 Å². The Morgan fingerprint density at radius 1 is 1.19 bits per heavy atom.